The van der Waals surface area contributed by atoms with Crippen LogP contribution in [0.3, 0.4) is 0 Å². The molecule has 3 aliphatic carbocycles. The molecule has 2 heterocycles. The minimum atomic E-state index is -0.0171. The molecule has 2 unspecified atom stereocenters. The number of amides is 1. The second-order valence-corrected chi connectivity index (χ2v) is 9.29. The lowest BCUT2D eigenvalue weighted by atomic mass is 9.82. The Balaban J connectivity index is 1.28. The van der Waals surface area contributed by atoms with Gasteiger partial charge in [-0.3, -0.25) is 4.79 Å². The maximum atomic E-state index is 12.9. The number of H-pyrrole nitrogens is 1. The molecule has 3 saturated carbocycles. The number of pyridine rings is 1. The van der Waals surface area contributed by atoms with Gasteiger partial charge in [-0.2, -0.15) is 0 Å². The van der Waals surface area contributed by atoms with Crippen LogP contribution in [0.4, 0.5) is 0 Å². The summed E-state index contributed by atoms with van der Waals surface area (Å²) in [6, 6.07) is 1.81. The Hall–Kier alpha value is -1.95. The summed E-state index contributed by atoms with van der Waals surface area (Å²) in [5.41, 5.74) is 7.92. The van der Waals surface area contributed by atoms with Crippen LogP contribution in [0.5, 0.6) is 0 Å². The summed E-state index contributed by atoms with van der Waals surface area (Å²) in [6.45, 7) is 1.53. The number of rotatable bonds is 5. The molecule has 2 bridgehead atoms. The summed E-state index contributed by atoms with van der Waals surface area (Å²) in [5.74, 6) is 4.39. The first-order valence-corrected chi connectivity index (χ1v) is 11.0. The molecule has 4 N–H and O–H groups in total. The summed E-state index contributed by atoms with van der Waals surface area (Å²) in [6.07, 6.45) is 11.7. The average molecular weight is 382 g/mol. The Morgan fingerprint density at radius 3 is 2.68 bits per heavy atom. The third kappa shape index (κ3) is 3.32. The smallest absolute Gasteiger partial charge is 0.253 e. The Kier molecular flexibility index (Phi) is 4.83. The van der Waals surface area contributed by atoms with Gasteiger partial charge in [0, 0.05) is 18.7 Å². The van der Waals surface area contributed by atoms with Gasteiger partial charge in [0.2, 0.25) is 0 Å². The van der Waals surface area contributed by atoms with Crippen molar-refractivity contribution in [2.75, 3.05) is 13.1 Å². The second-order valence-electron chi connectivity index (χ2n) is 9.29. The average Bonchev–Trinajstić information content (AvgIpc) is 3.46. The lowest BCUT2D eigenvalue weighted by Crippen LogP contribution is -2.32. The van der Waals surface area contributed by atoms with E-state index >= 15 is 0 Å². The molecule has 0 saturated heterocycles. The molecule has 1 amide bonds. The highest BCUT2D eigenvalue weighted by Crippen LogP contribution is 2.52. The molecule has 0 aliphatic heterocycles. The Bertz CT molecular complexity index is 854. The number of carbonyl (C=O) groups is 1. The molecule has 3 fully saturated rings. The highest BCUT2D eigenvalue weighted by Gasteiger charge is 2.41. The molecule has 5 rings (SSSR count). The van der Waals surface area contributed by atoms with Crippen molar-refractivity contribution in [3.05, 3.63) is 23.7 Å². The van der Waals surface area contributed by atoms with Gasteiger partial charge < -0.3 is 16.0 Å². The summed E-state index contributed by atoms with van der Waals surface area (Å²) < 4.78 is 0. The van der Waals surface area contributed by atoms with Gasteiger partial charge in [-0.15, -0.1) is 0 Å². The van der Waals surface area contributed by atoms with Crippen LogP contribution in [0.25, 0.3) is 11.2 Å². The molecular formula is C22H31N5O. The predicted molar refractivity (Wildman–Crippen MR) is 109 cm³/mol. The lowest BCUT2D eigenvalue weighted by Gasteiger charge is -2.27. The first kappa shape index (κ1) is 18.1. The SMILES string of the molecule is NCC1CCC(CNC(=O)c2ccnc3nc([C@@H]4CC5CCC4C5)[nH]c23)CC1. The van der Waals surface area contributed by atoms with Crippen LogP contribution in [0.1, 0.15) is 73.5 Å². The number of hydrogen-bond acceptors (Lipinski definition) is 4. The highest BCUT2D eigenvalue weighted by atomic mass is 16.1. The van der Waals surface area contributed by atoms with Gasteiger partial charge in [-0.25, -0.2) is 9.97 Å². The molecule has 0 aromatic carbocycles. The normalized spacial score (nSPS) is 32.1. The van der Waals surface area contributed by atoms with Crippen molar-refractivity contribution in [3.63, 3.8) is 0 Å². The first-order chi connectivity index (χ1) is 13.7. The fourth-order valence-corrected chi connectivity index (χ4v) is 5.88. The summed E-state index contributed by atoms with van der Waals surface area (Å²) in [5, 5.41) is 3.15. The van der Waals surface area contributed by atoms with Crippen LogP contribution in [-0.2, 0) is 0 Å². The van der Waals surface area contributed by atoms with Gasteiger partial charge in [-0.05, 0) is 81.2 Å². The largest absolute Gasteiger partial charge is 0.352 e. The molecule has 3 atom stereocenters. The van der Waals surface area contributed by atoms with Gasteiger partial charge in [0.25, 0.3) is 5.91 Å². The maximum Gasteiger partial charge on any atom is 0.253 e. The number of nitrogens with two attached hydrogens (primary N) is 1. The van der Waals surface area contributed by atoms with E-state index in [0.717, 1.165) is 49.1 Å². The Morgan fingerprint density at radius 1 is 1.14 bits per heavy atom. The molecule has 6 heteroatoms. The number of hydrogen-bond donors (Lipinski definition) is 3. The summed E-state index contributed by atoms with van der Waals surface area (Å²) in [7, 11) is 0. The van der Waals surface area contributed by atoms with E-state index < -0.39 is 0 Å². The topological polar surface area (TPSA) is 96.7 Å². The number of fused-ring (bicyclic) bond motifs is 3. The monoisotopic (exact) mass is 381 g/mol. The number of carbonyl (C=O) groups excluding carboxylic acids is 1. The van der Waals surface area contributed by atoms with Crippen molar-refractivity contribution in [3.8, 4) is 0 Å². The molecule has 0 radical (unpaired) electrons. The molecule has 2 aromatic rings. The quantitative estimate of drug-likeness (QED) is 0.740. The van der Waals surface area contributed by atoms with Crippen molar-refractivity contribution in [2.45, 2.75) is 57.3 Å². The van der Waals surface area contributed by atoms with Crippen LogP contribution < -0.4 is 11.1 Å². The molecule has 28 heavy (non-hydrogen) atoms. The molecule has 6 nitrogen and oxygen atoms in total. The fraction of sp³-hybridized carbons (Fsp3) is 0.682. The van der Waals surface area contributed by atoms with E-state index in [1.54, 1.807) is 6.20 Å². The van der Waals surface area contributed by atoms with Crippen LogP contribution in [0.2, 0.25) is 0 Å². The Morgan fingerprint density at radius 2 is 1.96 bits per heavy atom. The van der Waals surface area contributed by atoms with E-state index in [2.05, 4.69) is 15.3 Å². The molecule has 0 spiro atoms. The minimum Gasteiger partial charge on any atom is -0.352 e. The number of nitrogens with one attached hydrogen (secondary N) is 2. The van der Waals surface area contributed by atoms with Crippen LogP contribution >= 0.6 is 0 Å². The number of nitrogens with zero attached hydrogens (tertiary/aromatic N) is 2. The Labute approximate surface area is 166 Å². The van der Waals surface area contributed by atoms with Crippen LogP contribution in [0, 0.1) is 23.7 Å². The molecule has 2 aromatic heterocycles. The highest BCUT2D eigenvalue weighted by molar-refractivity contribution is 6.04. The summed E-state index contributed by atoms with van der Waals surface area (Å²) >= 11 is 0. The van der Waals surface area contributed by atoms with Gasteiger partial charge in [-0.1, -0.05) is 6.42 Å². The number of imidazole rings is 1. The van der Waals surface area contributed by atoms with Crippen molar-refractivity contribution in [1.29, 1.82) is 0 Å². The molecule has 3 aliphatic rings. The van der Waals surface area contributed by atoms with E-state index in [1.165, 1.54) is 38.5 Å². The van der Waals surface area contributed by atoms with E-state index in [1.807, 2.05) is 6.07 Å². The van der Waals surface area contributed by atoms with E-state index in [-0.39, 0.29) is 5.91 Å². The van der Waals surface area contributed by atoms with E-state index in [9.17, 15) is 4.79 Å². The number of aromatic nitrogens is 3. The molecular weight excluding hydrogens is 350 g/mol. The minimum absolute atomic E-state index is 0.0171. The third-order valence-corrected chi connectivity index (χ3v) is 7.60. The van der Waals surface area contributed by atoms with Crippen LogP contribution in [0.15, 0.2) is 12.3 Å². The van der Waals surface area contributed by atoms with E-state index in [0.29, 0.717) is 29.0 Å². The van der Waals surface area contributed by atoms with Crippen molar-refractivity contribution < 1.29 is 4.79 Å². The number of aromatic amines is 1. The van der Waals surface area contributed by atoms with Crippen LogP contribution in [-0.4, -0.2) is 33.9 Å². The van der Waals surface area contributed by atoms with Gasteiger partial charge in [0.05, 0.1) is 11.1 Å². The van der Waals surface area contributed by atoms with Crippen molar-refractivity contribution in [1.82, 2.24) is 20.3 Å². The lowest BCUT2D eigenvalue weighted by molar-refractivity contribution is 0.0943. The summed E-state index contributed by atoms with van der Waals surface area (Å²) in [4.78, 5) is 25.5. The maximum absolute atomic E-state index is 12.9. The standard InChI is InChI=1S/C22H31N5O/c23-11-13-1-3-14(4-2-13)12-25-22(28)17-7-8-24-21-19(17)26-20(27-21)18-10-15-5-6-16(18)9-15/h7-8,13-16,18H,1-6,9-12,23H2,(H,25,28)(H,24,26,27)/t13?,14?,15?,16?,18-/m1/s1. The van der Waals surface area contributed by atoms with E-state index in [4.69, 9.17) is 10.7 Å². The van der Waals surface area contributed by atoms with Gasteiger partial charge in [0.1, 0.15) is 5.82 Å². The van der Waals surface area contributed by atoms with Crippen molar-refractivity contribution in [2.24, 2.45) is 29.4 Å². The van der Waals surface area contributed by atoms with Gasteiger partial charge >= 0.3 is 0 Å². The second kappa shape index (κ2) is 7.47. The molecule has 150 valence electrons. The zero-order chi connectivity index (χ0) is 19.1. The zero-order valence-corrected chi connectivity index (χ0v) is 16.5. The predicted octanol–water partition coefficient (Wildman–Crippen LogP) is 3.36. The van der Waals surface area contributed by atoms with Crippen molar-refractivity contribution >= 4 is 17.1 Å². The fourth-order valence-electron chi connectivity index (χ4n) is 5.88. The third-order valence-electron chi connectivity index (χ3n) is 7.60. The zero-order valence-electron chi connectivity index (χ0n) is 16.5. The van der Waals surface area contributed by atoms with Gasteiger partial charge in [0.15, 0.2) is 5.65 Å². The first-order valence-electron chi connectivity index (χ1n) is 11.0.